The molecule has 1 amide bonds. The molecule has 0 N–H and O–H groups in total. The van der Waals surface area contributed by atoms with E-state index in [1.807, 2.05) is 18.4 Å². The first-order chi connectivity index (χ1) is 10.2. The van der Waals surface area contributed by atoms with Gasteiger partial charge in [-0.15, -0.1) is 0 Å². The van der Waals surface area contributed by atoms with Crippen LogP contribution in [0.5, 0.6) is 0 Å². The lowest BCUT2D eigenvalue weighted by Gasteiger charge is -2.24. The van der Waals surface area contributed by atoms with Crippen molar-refractivity contribution < 1.29 is 19.1 Å². The third-order valence-corrected chi connectivity index (χ3v) is 4.84. The number of hydrogen-bond donors (Lipinski definition) is 0. The summed E-state index contributed by atoms with van der Waals surface area (Å²) in [6.07, 6.45) is 1.52. The highest BCUT2D eigenvalue weighted by atomic mass is 32.1. The maximum absolute atomic E-state index is 12.3. The van der Waals surface area contributed by atoms with Crippen molar-refractivity contribution in [1.29, 1.82) is 0 Å². The second kappa shape index (κ2) is 6.15. The van der Waals surface area contributed by atoms with Crippen molar-refractivity contribution in [2.24, 2.45) is 0 Å². The van der Waals surface area contributed by atoms with Gasteiger partial charge in [0.15, 0.2) is 5.78 Å². The number of hydrogen-bond acceptors (Lipinski definition) is 5. The number of fused-ring (bicyclic) bond motifs is 1. The minimum absolute atomic E-state index is 0.0136. The topological polar surface area (TPSA) is 55.8 Å². The maximum Gasteiger partial charge on any atom is 0.410 e. The van der Waals surface area contributed by atoms with Crippen LogP contribution in [-0.2, 0) is 20.7 Å². The molecule has 0 radical (unpaired) electrons. The Morgan fingerprint density at radius 1 is 1.62 bits per heavy atom. The van der Waals surface area contributed by atoms with Crippen LogP contribution in [0.1, 0.15) is 25.3 Å². The predicted octanol–water partition coefficient (Wildman–Crippen LogP) is 2.25. The summed E-state index contributed by atoms with van der Waals surface area (Å²) in [6.45, 7) is 2.65. The summed E-state index contributed by atoms with van der Waals surface area (Å²) in [4.78, 5) is 25.7. The van der Waals surface area contributed by atoms with Crippen LogP contribution in [0.25, 0.3) is 0 Å². The van der Waals surface area contributed by atoms with Gasteiger partial charge in [-0.1, -0.05) is 6.92 Å². The van der Waals surface area contributed by atoms with Crippen LogP contribution in [-0.4, -0.2) is 48.2 Å². The molecular formula is C15H19NO4S. The summed E-state index contributed by atoms with van der Waals surface area (Å²) >= 11 is 1.64. The van der Waals surface area contributed by atoms with Crippen LogP contribution in [0.4, 0.5) is 4.79 Å². The van der Waals surface area contributed by atoms with E-state index in [4.69, 9.17) is 9.47 Å². The second-order valence-corrected chi connectivity index (χ2v) is 6.27. The van der Waals surface area contributed by atoms with Crippen LogP contribution in [0.15, 0.2) is 16.8 Å². The molecule has 0 spiro atoms. The largest absolute Gasteiger partial charge is 0.446 e. The quantitative estimate of drug-likeness (QED) is 0.856. The van der Waals surface area contributed by atoms with Gasteiger partial charge in [0.25, 0.3) is 0 Å². The van der Waals surface area contributed by atoms with E-state index < -0.39 is 6.04 Å². The van der Waals surface area contributed by atoms with Crippen LogP contribution >= 0.6 is 11.3 Å². The molecule has 3 rings (SSSR count). The number of rotatable bonds is 4. The number of nitrogens with zero attached hydrogens (tertiary/aromatic N) is 1. The lowest BCUT2D eigenvalue weighted by Crippen LogP contribution is -2.43. The SMILES string of the molecule is CCC(Cc1ccsc1)OC(=O)N1CC[C@H]2OCC(=O)[C@H]21. The van der Waals surface area contributed by atoms with Gasteiger partial charge in [0.05, 0.1) is 6.10 Å². The van der Waals surface area contributed by atoms with E-state index in [1.54, 1.807) is 11.3 Å². The van der Waals surface area contributed by atoms with Gasteiger partial charge in [-0.25, -0.2) is 4.79 Å². The van der Waals surface area contributed by atoms with Gasteiger partial charge in [-0.3, -0.25) is 9.69 Å². The Bertz CT molecular complexity index is 516. The fourth-order valence-electron chi connectivity index (χ4n) is 2.95. The Balaban J connectivity index is 1.61. The Hall–Kier alpha value is -1.40. The van der Waals surface area contributed by atoms with E-state index in [-0.39, 0.29) is 30.7 Å². The molecule has 5 nitrogen and oxygen atoms in total. The number of ketones is 1. The van der Waals surface area contributed by atoms with Gasteiger partial charge in [-0.05, 0) is 35.2 Å². The monoisotopic (exact) mass is 309 g/mol. The van der Waals surface area contributed by atoms with Crippen molar-refractivity contribution in [3.8, 4) is 0 Å². The molecule has 2 fully saturated rings. The molecule has 0 aromatic carbocycles. The van der Waals surface area contributed by atoms with Crippen molar-refractivity contribution >= 4 is 23.2 Å². The minimum atomic E-state index is -0.434. The van der Waals surface area contributed by atoms with Gasteiger partial charge in [0.2, 0.25) is 0 Å². The molecule has 2 aliphatic heterocycles. The van der Waals surface area contributed by atoms with Gasteiger partial charge in [0, 0.05) is 13.0 Å². The first-order valence-electron chi connectivity index (χ1n) is 7.31. The third-order valence-electron chi connectivity index (χ3n) is 4.11. The highest BCUT2D eigenvalue weighted by Crippen LogP contribution is 2.28. The molecule has 2 aliphatic rings. The standard InChI is InChI=1S/C15H19NO4S/c1-2-11(7-10-4-6-21-9-10)20-15(18)16-5-3-13-14(16)12(17)8-19-13/h4,6,9,11,13-14H,2-3,5,7-8H2,1H3/t11?,13-,14-/m1/s1. The van der Waals surface area contributed by atoms with E-state index in [0.717, 1.165) is 12.8 Å². The van der Waals surface area contributed by atoms with Gasteiger partial charge >= 0.3 is 6.09 Å². The lowest BCUT2D eigenvalue weighted by atomic mass is 10.1. The van der Waals surface area contributed by atoms with Crippen molar-refractivity contribution in [2.45, 2.75) is 44.4 Å². The zero-order valence-corrected chi connectivity index (χ0v) is 12.8. The molecular weight excluding hydrogens is 290 g/mol. The van der Waals surface area contributed by atoms with Crippen molar-refractivity contribution in [2.75, 3.05) is 13.2 Å². The Morgan fingerprint density at radius 2 is 2.48 bits per heavy atom. The maximum atomic E-state index is 12.3. The summed E-state index contributed by atoms with van der Waals surface area (Å²) in [6, 6.07) is 1.61. The first-order valence-corrected chi connectivity index (χ1v) is 8.26. The molecule has 3 heterocycles. The fraction of sp³-hybridized carbons (Fsp3) is 0.600. The highest BCUT2D eigenvalue weighted by molar-refractivity contribution is 7.07. The van der Waals surface area contributed by atoms with Crippen molar-refractivity contribution in [3.63, 3.8) is 0 Å². The van der Waals surface area contributed by atoms with Crippen LogP contribution in [0, 0.1) is 0 Å². The molecule has 21 heavy (non-hydrogen) atoms. The Labute approximate surface area is 127 Å². The van der Waals surface area contributed by atoms with E-state index in [0.29, 0.717) is 13.0 Å². The van der Waals surface area contributed by atoms with Crippen LogP contribution in [0.3, 0.4) is 0 Å². The molecule has 114 valence electrons. The average molecular weight is 309 g/mol. The molecule has 0 saturated carbocycles. The van der Waals surface area contributed by atoms with Crippen molar-refractivity contribution in [1.82, 2.24) is 4.90 Å². The average Bonchev–Trinajstić information content (AvgIpc) is 3.17. The smallest absolute Gasteiger partial charge is 0.410 e. The normalized spacial score (nSPS) is 26.0. The number of likely N-dealkylation sites (tertiary alicyclic amines) is 1. The molecule has 3 atom stereocenters. The third kappa shape index (κ3) is 2.96. The van der Waals surface area contributed by atoms with Crippen LogP contribution in [0.2, 0.25) is 0 Å². The van der Waals surface area contributed by atoms with Gasteiger partial charge in [-0.2, -0.15) is 11.3 Å². The zero-order chi connectivity index (χ0) is 14.8. The summed E-state index contributed by atoms with van der Waals surface area (Å²) in [5.41, 5.74) is 1.18. The van der Waals surface area contributed by atoms with E-state index >= 15 is 0 Å². The number of amides is 1. The Kier molecular flexibility index (Phi) is 4.26. The molecule has 0 aliphatic carbocycles. The highest BCUT2D eigenvalue weighted by Gasteiger charge is 2.47. The van der Waals surface area contributed by atoms with E-state index in [1.165, 1.54) is 10.5 Å². The number of Topliss-reactive ketones (excluding diaryl/α,β-unsaturated/α-hetero) is 1. The first kappa shape index (κ1) is 14.5. The van der Waals surface area contributed by atoms with Gasteiger partial charge in [0.1, 0.15) is 18.8 Å². The summed E-state index contributed by atoms with van der Waals surface area (Å²) in [5, 5.41) is 4.08. The summed E-state index contributed by atoms with van der Waals surface area (Å²) in [7, 11) is 0. The van der Waals surface area contributed by atoms with Gasteiger partial charge < -0.3 is 9.47 Å². The molecule has 6 heteroatoms. The lowest BCUT2D eigenvalue weighted by molar-refractivity contribution is -0.121. The zero-order valence-electron chi connectivity index (χ0n) is 12.0. The molecule has 1 unspecified atom stereocenters. The molecule has 2 saturated heterocycles. The van der Waals surface area contributed by atoms with E-state index in [9.17, 15) is 9.59 Å². The summed E-state index contributed by atoms with van der Waals surface area (Å²) in [5.74, 6) is -0.0136. The minimum Gasteiger partial charge on any atom is -0.446 e. The predicted molar refractivity (Wildman–Crippen MR) is 78.4 cm³/mol. The number of thiophene rings is 1. The number of carbonyl (C=O) groups excluding carboxylic acids is 2. The van der Waals surface area contributed by atoms with E-state index in [2.05, 4.69) is 5.38 Å². The molecule has 1 aromatic heterocycles. The van der Waals surface area contributed by atoms with Crippen molar-refractivity contribution in [3.05, 3.63) is 22.4 Å². The second-order valence-electron chi connectivity index (χ2n) is 5.49. The van der Waals surface area contributed by atoms with Crippen LogP contribution < -0.4 is 0 Å². The fourth-order valence-corrected chi connectivity index (χ4v) is 3.63. The number of ether oxygens (including phenoxy) is 2. The Morgan fingerprint density at radius 3 is 3.19 bits per heavy atom. The molecule has 1 aromatic rings. The number of carbonyl (C=O) groups is 2. The molecule has 0 bridgehead atoms. The summed E-state index contributed by atoms with van der Waals surface area (Å²) < 4.78 is 11.0.